The van der Waals surface area contributed by atoms with Gasteiger partial charge in [-0.05, 0) is 66.9 Å². The zero-order chi connectivity index (χ0) is 24.1. The molecule has 5 nitrogen and oxygen atoms in total. The number of para-hydroxylation sites is 1. The maximum atomic E-state index is 13.1. The fraction of sp³-hybridized carbons (Fsp3) is 0.143. The van der Waals surface area contributed by atoms with Crippen LogP contribution >= 0.6 is 11.6 Å². The fourth-order valence-corrected chi connectivity index (χ4v) is 3.85. The van der Waals surface area contributed by atoms with Crippen LogP contribution in [-0.2, 0) is 17.8 Å². The summed E-state index contributed by atoms with van der Waals surface area (Å²) in [7, 11) is 1.60. The molecule has 1 aliphatic heterocycles. The number of carbonyl (C=O) groups is 1. The number of hydrogen-bond acceptors (Lipinski definition) is 4. The largest absolute Gasteiger partial charge is 0.493 e. The Balaban J connectivity index is 1.65. The topological polar surface area (TPSA) is 51.1 Å². The molecule has 0 bridgehead atoms. The highest BCUT2D eigenvalue weighted by Gasteiger charge is 2.28. The van der Waals surface area contributed by atoms with Gasteiger partial charge in [0.2, 0.25) is 0 Å². The van der Waals surface area contributed by atoms with E-state index in [0.717, 1.165) is 22.4 Å². The molecule has 0 saturated carbocycles. The normalized spacial score (nSPS) is 14.3. The second-order valence-electron chi connectivity index (χ2n) is 7.82. The molecule has 34 heavy (non-hydrogen) atoms. The molecule has 0 unspecified atom stereocenters. The molecular weight excluding hydrogens is 448 g/mol. The summed E-state index contributed by atoms with van der Waals surface area (Å²) in [6.45, 7) is 6.08. The van der Waals surface area contributed by atoms with Crippen LogP contribution in [0, 0.1) is 0 Å². The molecule has 3 aromatic carbocycles. The lowest BCUT2D eigenvalue weighted by Gasteiger charge is -2.16. The lowest BCUT2D eigenvalue weighted by Crippen LogP contribution is -2.21. The summed E-state index contributed by atoms with van der Waals surface area (Å²) in [4.78, 5) is 13.1. The van der Waals surface area contributed by atoms with Crippen molar-refractivity contribution in [3.8, 4) is 11.5 Å². The lowest BCUT2D eigenvalue weighted by atomic mass is 10.0. The van der Waals surface area contributed by atoms with Gasteiger partial charge in [0.25, 0.3) is 5.91 Å². The highest BCUT2D eigenvalue weighted by atomic mass is 35.5. The fourth-order valence-electron chi connectivity index (χ4n) is 3.72. The van der Waals surface area contributed by atoms with Crippen LogP contribution in [0.4, 0.5) is 5.69 Å². The first-order valence-electron chi connectivity index (χ1n) is 10.9. The Morgan fingerprint density at radius 3 is 2.50 bits per heavy atom. The highest BCUT2D eigenvalue weighted by Crippen LogP contribution is 2.35. The molecule has 6 heteroatoms. The molecule has 1 heterocycles. The molecule has 0 aromatic heterocycles. The van der Waals surface area contributed by atoms with Gasteiger partial charge in [0.15, 0.2) is 11.5 Å². The van der Waals surface area contributed by atoms with Crippen molar-refractivity contribution in [1.29, 1.82) is 0 Å². The summed E-state index contributed by atoms with van der Waals surface area (Å²) in [5.41, 5.74) is 4.64. The molecule has 0 spiro atoms. The molecule has 1 aliphatic rings. The Labute approximate surface area is 204 Å². The summed E-state index contributed by atoms with van der Waals surface area (Å²) < 4.78 is 11.8. The van der Waals surface area contributed by atoms with E-state index in [4.69, 9.17) is 21.1 Å². The minimum atomic E-state index is -0.170. The Kier molecular flexibility index (Phi) is 7.14. The molecule has 4 rings (SSSR count). The number of benzene rings is 3. The number of methoxy groups -OCH3 is 1. The van der Waals surface area contributed by atoms with Gasteiger partial charge < -0.3 is 9.47 Å². The maximum absolute atomic E-state index is 13.1. The molecule has 1 amide bonds. The van der Waals surface area contributed by atoms with E-state index in [-0.39, 0.29) is 5.91 Å². The second-order valence-corrected chi connectivity index (χ2v) is 8.25. The Bertz CT molecular complexity index is 1260. The van der Waals surface area contributed by atoms with E-state index in [2.05, 4.69) is 11.7 Å². The van der Waals surface area contributed by atoms with Gasteiger partial charge in [0.05, 0.1) is 24.1 Å². The van der Waals surface area contributed by atoms with Crippen molar-refractivity contribution < 1.29 is 14.3 Å². The molecule has 0 N–H and O–H groups in total. The molecule has 0 saturated heterocycles. The number of amides is 1. The van der Waals surface area contributed by atoms with Crippen molar-refractivity contribution in [2.24, 2.45) is 5.10 Å². The van der Waals surface area contributed by atoms with E-state index < -0.39 is 0 Å². The first-order valence-corrected chi connectivity index (χ1v) is 11.2. The Morgan fingerprint density at radius 2 is 1.82 bits per heavy atom. The molecule has 0 radical (unpaired) electrons. The van der Waals surface area contributed by atoms with Crippen LogP contribution < -0.4 is 14.5 Å². The number of halogens is 1. The second kappa shape index (κ2) is 10.4. The number of carbonyl (C=O) groups excluding carboxylic acids is 1. The number of nitrogens with zero attached hydrogens (tertiary/aromatic N) is 2. The van der Waals surface area contributed by atoms with E-state index >= 15 is 0 Å². The van der Waals surface area contributed by atoms with Crippen LogP contribution in [-0.4, -0.2) is 18.7 Å². The van der Waals surface area contributed by atoms with Crippen LogP contribution in [0.2, 0.25) is 5.02 Å². The number of allylic oxidation sites excluding steroid dienone is 1. The molecule has 172 valence electrons. The maximum Gasteiger partial charge on any atom is 0.280 e. The number of ether oxygens (including phenoxy) is 2. The van der Waals surface area contributed by atoms with Gasteiger partial charge in [0.1, 0.15) is 6.61 Å². The van der Waals surface area contributed by atoms with Gasteiger partial charge in [-0.1, -0.05) is 48.0 Å². The number of hydrazone groups is 1. The average Bonchev–Trinajstić information content (AvgIpc) is 3.13. The SMILES string of the molecule is C=CCc1cc(/C=C2/C(=O)N(c3ccccc3)N=C2C)cc(OC)c1OCc1ccc(Cl)cc1. The minimum Gasteiger partial charge on any atom is -0.493 e. The smallest absolute Gasteiger partial charge is 0.280 e. The van der Waals surface area contributed by atoms with E-state index in [1.54, 1.807) is 7.11 Å². The molecule has 0 atom stereocenters. The van der Waals surface area contributed by atoms with Gasteiger partial charge in [-0.25, -0.2) is 0 Å². The zero-order valence-corrected chi connectivity index (χ0v) is 19.9. The monoisotopic (exact) mass is 472 g/mol. The lowest BCUT2D eigenvalue weighted by molar-refractivity contribution is -0.114. The zero-order valence-electron chi connectivity index (χ0n) is 19.1. The van der Waals surface area contributed by atoms with Crippen LogP contribution in [0.1, 0.15) is 23.6 Å². The average molecular weight is 473 g/mol. The van der Waals surface area contributed by atoms with Crippen molar-refractivity contribution >= 4 is 35.0 Å². The van der Waals surface area contributed by atoms with Crippen molar-refractivity contribution in [2.75, 3.05) is 12.1 Å². The van der Waals surface area contributed by atoms with Gasteiger partial charge in [-0.15, -0.1) is 6.58 Å². The van der Waals surface area contributed by atoms with Crippen LogP contribution in [0.5, 0.6) is 11.5 Å². The van der Waals surface area contributed by atoms with E-state index in [1.165, 1.54) is 5.01 Å². The van der Waals surface area contributed by atoms with Crippen molar-refractivity contribution in [3.63, 3.8) is 0 Å². The van der Waals surface area contributed by atoms with Crippen molar-refractivity contribution in [2.45, 2.75) is 20.0 Å². The number of rotatable bonds is 8. The number of anilines is 1. The van der Waals surface area contributed by atoms with Gasteiger partial charge >= 0.3 is 0 Å². The Morgan fingerprint density at radius 1 is 1.09 bits per heavy atom. The predicted molar refractivity (Wildman–Crippen MR) is 138 cm³/mol. The van der Waals surface area contributed by atoms with Crippen LogP contribution in [0.25, 0.3) is 6.08 Å². The van der Waals surface area contributed by atoms with Gasteiger partial charge in [-0.3, -0.25) is 4.79 Å². The predicted octanol–water partition coefficient (Wildman–Crippen LogP) is 6.46. The first-order chi connectivity index (χ1) is 16.5. The summed E-state index contributed by atoms with van der Waals surface area (Å²) in [5, 5.41) is 6.56. The molecule has 3 aromatic rings. The highest BCUT2D eigenvalue weighted by molar-refractivity contribution is 6.32. The van der Waals surface area contributed by atoms with Crippen molar-refractivity contribution in [3.05, 3.63) is 107 Å². The van der Waals surface area contributed by atoms with E-state index in [1.807, 2.05) is 85.8 Å². The third-order valence-electron chi connectivity index (χ3n) is 5.41. The third-order valence-corrected chi connectivity index (χ3v) is 5.66. The van der Waals surface area contributed by atoms with E-state index in [0.29, 0.717) is 40.8 Å². The van der Waals surface area contributed by atoms with E-state index in [9.17, 15) is 4.79 Å². The minimum absolute atomic E-state index is 0.170. The standard InChI is InChI=1S/C28H25ClN2O3/c1-4-8-22-15-21(16-25-19(2)30-31(28(25)32)24-9-6-5-7-10-24)17-26(33-3)27(22)34-18-20-11-13-23(29)14-12-20/h4-7,9-17H,1,8,18H2,2-3H3/b25-16+. The molecule has 0 aliphatic carbocycles. The quantitative estimate of drug-likeness (QED) is 0.279. The summed E-state index contributed by atoms with van der Waals surface area (Å²) >= 11 is 5.98. The first kappa shape index (κ1) is 23.3. The summed E-state index contributed by atoms with van der Waals surface area (Å²) in [6, 6.07) is 20.7. The van der Waals surface area contributed by atoms with Crippen LogP contribution in [0.3, 0.4) is 0 Å². The Hall–Kier alpha value is -3.83. The summed E-state index contributed by atoms with van der Waals surface area (Å²) in [6.07, 6.45) is 4.23. The summed E-state index contributed by atoms with van der Waals surface area (Å²) in [5.74, 6) is 1.06. The molecular formula is C28H25ClN2O3. The van der Waals surface area contributed by atoms with Gasteiger partial charge in [-0.2, -0.15) is 10.1 Å². The van der Waals surface area contributed by atoms with Gasteiger partial charge in [0, 0.05) is 10.6 Å². The van der Waals surface area contributed by atoms with Crippen molar-refractivity contribution in [1.82, 2.24) is 0 Å². The molecule has 0 fully saturated rings. The third kappa shape index (κ3) is 5.05. The van der Waals surface area contributed by atoms with Crippen LogP contribution in [0.15, 0.2) is 90.1 Å². The number of hydrogen-bond donors (Lipinski definition) is 0.